The Balaban J connectivity index is 1.98. The molecule has 2 aromatic carbocycles. The molecule has 6 nitrogen and oxygen atoms in total. The predicted molar refractivity (Wildman–Crippen MR) is 92.9 cm³/mol. The topological polar surface area (TPSA) is 83.4 Å². The van der Waals surface area contributed by atoms with Crippen molar-refractivity contribution in [2.75, 3.05) is 24.3 Å². The van der Waals surface area contributed by atoms with Crippen LogP contribution in [0.5, 0.6) is 11.5 Å². The van der Waals surface area contributed by atoms with Crippen LogP contribution in [0.15, 0.2) is 36.4 Å². The maximum atomic E-state index is 12.4. The van der Waals surface area contributed by atoms with Crippen molar-refractivity contribution in [3.05, 3.63) is 47.0 Å². The van der Waals surface area contributed by atoms with E-state index in [9.17, 15) is 13.6 Å². The maximum Gasteiger partial charge on any atom is 0.387 e. The number of methoxy groups -OCH3 is 1. The van der Waals surface area contributed by atoms with Gasteiger partial charge in [-0.15, -0.1) is 0 Å². The summed E-state index contributed by atoms with van der Waals surface area (Å²) in [5, 5.41) is 14.4. The first kappa shape index (κ1) is 19.3. The number of benzene rings is 2. The minimum atomic E-state index is -3.00. The van der Waals surface area contributed by atoms with E-state index < -0.39 is 12.5 Å². The van der Waals surface area contributed by atoms with Gasteiger partial charge >= 0.3 is 6.61 Å². The zero-order valence-corrected chi connectivity index (χ0v) is 14.3. The van der Waals surface area contributed by atoms with Gasteiger partial charge in [0.05, 0.1) is 24.2 Å². The molecule has 0 radical (unpaired) electrons. The van der Waals surface area contributed by atoms with Gasteiger partial charge in [-0.25, -0.2) is 0 Å². The van der Waals surface area contributed by atoms with Gasteiger partial charge in [0.1, 0.15) is 6.07 Å². The van der Waals surface area contributed by atoms with Crippen LogP contribution in [0.3, 0.4) is 0 Å². The summed E-state index contributed by atoms with van der Waals surface area (Å²) in [5.74, 6) is -0.391. The van der Waals surface area contributed by atoms with Crippen LogP contribution in [-0.4, -0.2) is 26.2 Å². The molecule has 0 unspecified atom stereocenters. The molecule has 0 aromatic heterocycles. The van der Waals surface area contributed by atoms with Crippen molar-refractivity contribution in [2.24, 2.45) is 0 Å². The number of nitrogens with zero attached hydrogens (tertiary/aromatic N) is 1. The van der Waals surface area contributed by atoms with Gasteiger partial charge in [-0.1, -0.05) is 11.6 Å². The molecule has 136 valence electrons. The van der Waals surface area contributed by atoms with Gasteiger partial charge in [-0.05, 0) is 30.3 Å². The van der Waals surface area contributed by atoms with Crippen LogP contribution in [0, 0.1) is 11.3 Å². The molecule has 0 aliphatic carbocycles. The zero-order chi connectivity index (χ0) is 19.1. The lowest BCUT2D eigenvalue weighted by atomic mass is 10.2. The van der Waals surface area contributed by atoms with Gasteiger partial charge in [0.25, 0.3) is 0 Å². The van der Waals surface area contributed by atoms with Gasteiger partial charge in [0.2, 0.25) is 5.91 Å². The third-order valence-corrected chi connectivity index (χ3v) is 3.52. The number of hydrogen-bond acceptors (Lipinski definition) is 5. The molecule has 0 fully saturated rings. The van der Waals surface area contributed by atoms with Crippen LogP contribution >= 0.6 is 11.6 Å². The van der Waals surface area contributed by atoms with Crippen LogP contribution < -0.4 is 20.1 Å². The summed E-state index contributed by atoms with van der Waals surface area (Å²) in [7, 11) is 1.33. The molecule has 0 saturated carbocycles. The molecule has 0 aliphatic heterocycles. The first-order chi connectivity index (χ1) is 12.4. The van der Waals surface area contributed by atoms with E-state index in [2.05, 4.69) is 15.4 Å². The molecule has 0 heterocycles. The van der Waals surface area contributed by atoms with Crippen molar-refractivity contribution in [1.82, 2.24) is 0 Å². The van der Waals surface area contributed by atoms with Crippen LogP contribution in [0.25, 0.3) is 0 Å². The van der Waals surface area contributed by atoms with Crippen molar-refractivity contribution >= 4 is 28.9 Å². The third-order valence-electron chi connectivity index (χ3n) is 3.21. The lowest BCUT2D eigenvalue weighted by molar-refractivity contribution is -0.114. The van der Waals surface area contributed by atoms with Crippen molar-refractivity contribution in [3.8, 4) is 17.6 Å². The standard InChI is InChI=1S/C17H14ClF2N3O3/c1-25-14-5-4-11(7-15(14)26-17(19)20)22-9-16(24)23-12-3-2-10(8-21)13(18)6-12/h2-7,17,22H,9H2,1H3,(H,23,24). The highest BCUT2D eigenvalue weighted by atomic mass is 35.5. The minimum Gasteiger partial charge on any atom is -0.493 e. The molecule has 26 heavy (non-hydrogen) atoms. The van der Waals surface area contributed by atoms with Crippen LogP contribution in [0.4, 0.5) is 20.2 Å². The van der Waals surface area contributed by atoms with Gasteiger partial charge in [0, 0.05) is 17.4 Å². The summed E-state index contributed by atoms with van der Waals surface area (Å²) in [6, 6.07) is 10.7. The average molecular weight is 382 g/mol. The average Bonchev–Trinajstić information content (AvgIpc) is 2.60. The largest absolute Gasteiger partial charge is 0.493 e. The Morgan fingerprint density at radius 3 is 2.58 bits per heavy atom. The number of nitrogens with one attached hydrogen (secondary N) is 2. The second kappa shape index (κ2) is 8.87. The number of nitriles is 1. The second-order valence-corrected chi connectivity index (χ2v) is 5.36. The first-order valence-electron chi connectivity index (χ1n) is 7.29. The fourth-order valence-electron chi connectivity index (χ4n) is 2.05. The summed E-state index contributed by atoms with van der Waals surface area (Å²) in [6.07, 6.45) is 0. The van der Waals surface area contributed by atoms with Gasteiger partial charge in [-0.3, -0.25) is 4.79 Å². The number of hydrogen-bond donors (Lipinski definition) is 2. The Bertz CT molecular complexity index is 840. The van der Waals surface area contributed by atoms with Crippen molar-refractivity contribution in [2.45, 2.75) is 6.61 Å². The Morgan fingerprint density at radius 1 is 1.23 bits per heavy atom. The number of anilines is 2. The summed E-state index contributed by atoms with van der Waals surface area (Å²) < 4.78 is 34.1. The molecule has 2 N–H and O–H groups in total. The van der Waals surface area contributed by atoms with Crippen LogP contribution in [-0.2, 0) is 4.79 Å². The number of carbonyl (C=O) groups excluding carboxylic acids is 1. The Morgan fingerprint density at radius 2 is 1.96 bits per heavy atom. The Labute approximate surface area is 153 Å². The molecule has 2 rings (SSSR count). The maximum absolute atomic E-state index is 12.4. The molecule has 0 aliphatic rings. The number of carbonyl (C=O) groups is 1. The number of ether oxygens (including phenoxy) is 2. The summed E-state index contributed by atoms with van der Waals surface area (Å²) in [6.45, 7) is -3.12. The summed E-state index contributed by atoms with van der Waals surface area (Å²) >= 11 is 5.90. The molecule has 0 spiro atoms. The number of rotatable bonds is 7. The minimum absolute atomic E-state index is 0.127. The van der Waals surface area contributed by atoms with E-state index in [-0.39, 0.29) is 23.1 Å². The summed E-state index contributed by atoms with van der Waals surface area (Å²) in [4.78, 5) is 12.0. The number of alkyl halides is 2. The third kappa shape index (κ3) is 5.22. The van der Waals surface area contributed by atoms with E-state index in [1.165, 1.54) is 31.4 Å². The Hall–Kier alpha value is -3.05. The van der Waals surface area contributed by atoms with Crippen LogP contribution in [0.1, 0.15) is 5.56 Å². The molecule has 9 heteroatoms. The second-order valence-electron chi connectivity index (χ2n) is 4.95. The SMILES string of the molecule is COc1ccc(NCC(=O)Nc2ccc(C#N)c(Cl)c2)cc1OC(F)F. The highest BCUT2D eigenvalue weighted by Crippen LogP contribution is 2.31. The Kier molecular flexibility index (Phi) is 6.58. The van der Waals surface area contributed by atoms with Gasteiger partial charge < -0.3 is 20.1 Å². The quantitative estimate of drug-likeness (QED) is 0.760. The molecular formula is C17H14ClF2N3O3. The van der Waals surface area contributed by atoms with Crippen molar-refractivity contribution < 1.29 is 23.0 Å². The van der Waals surface area contributed by atoms with E-state index in [4.69, 9.17) is 21.6 Å². The smallest absolute Gasteiger partial charge is 0.387 e. The zero-order valence-electron chi connectivity index (χ0n) is 13.6. The first-order valence-corrected chi connectivity index (χ1v) is 7.67. The van der Waals surface area contributed by atoms with E-state index in [1.807, 2.05) is 6.07 Å². The van der Waals surface area contributed by atoms with E-state index in [0.717, 1.165) is 0 Å². The molecule has 2 aromatic rings. The normalized spacial score (nSPS) is 10.2. The molecule has 1 amide bonds. The summed E-state index contributed by atoms with van der Waals surface area (Å²) in [5.41, 5.74) is 1.12. The highest BCUT2D eigenvalue weighted by molar-refractivity contribution is 6.32. The fourth-order valence-corrected chi connectivity index (χ4v) is 2.27. The molecular weight excluding hydrogens is 368 g/mol. The lowest BCUT2D eigenvalue weighted by Crippen LogP contribution is -2.21. The van der Waals surface area contributed by atoms with E-state index >= 15 is 0 Å². The van der Waals surface area contributed by atoms with Gasteiger partial charge in [-0.2, -0.15) is 14.0 Å². The van der Waals surface area contributed by atoms with E-state index in [1.54, 1.807) is 12.1 Å². The monoisotopic (exact) mass is 381 g/mol. The molecule has 0 saturated heterocycles. The van der Waals surface area contributed by atoms with Crippen LogP contribution in [0.2, 0.25) is 5.02 Å². The molecule has 0 bridgehead atoms. The van der Waals surface area contributed by atoms with Crippen molar-refractivity contribution in [1.29, 1.82) is 5.26 Å². The van der Waals surface area contributed by atoms with Crippen molar-refractivity contribution in [3.63, 3.8) is 0 Å². The van der Waals surface area contributed by atoms with Gasteiger partial charge in [0.15, 0.2) is 11.5 Å². The number of amides is 1. The highest BCUT2D eigenvalue weighted by Gasteiger charge is 2.12. The fraction of sp³-hybridized carbons (Fsp3) is 0.176. The molecule has 0 atom stereocenters. The lowest BCUT2D eigenvalue weighted by Gasteiger charge is -2.13. The predicted octanol–water partition coefficient (Wildman–Crippen LogP) is 3.87. The number of halogens is 3. The van der Waals surface area contributed by atoms with E-state index in [0.29, 0.717) is 16.9 Å².